The van der Waals surface area contributed by atoms with Gasteiger partial charge >= 0.3 is 0 Å². The molecular weight excluding hydrogens is 238 g/mol. The van der Waals surface area contributed by atoms with Crippen molar-refractivity contribution in [1.82, 2.24) is 15.4 Å². The van der Waals surface area contributed by atoms with Crippen molar-refractivity contribution < 1.29 is 4.79 Å². The molecule has 0 saturated heterocycles. The maximum Gasteiger partial charge on any atom is 0.275 e. The lowest BCUT2D eigenvalue weighted by molar-refractivity contribution is 0.0958. The van der Waals surface area contributed by atoms with Gasteiger partial charge in [-0.15, -0.1) is 11.3 Å². The maximum atomic E-state index is 11.4. The second-order valence-electron chi connectivity index (χ2n) is 3.82. The van der Waals surface area contributed by atoms with Crippen molar-refractivity contribution in [2.24, 2.45) is 5.84 Å². The third-order valence-electron chi connectivity index (χ3n) is 2.11. The van der Waals surface area contributed by atoms with Gasteiger partial charge in [0, 0.05) is 6.04 Å². The van der Waals surface area contributed by atoms with Gasteiger partial charge in [-0.25, -0.2) is 15.8 Å². The van der Waals surface area contributed by atoms with Crippen LogP contribution in [0.4, 0.5) is 5.82 Å². The Bertz CT molecular complexity index is 551. The van der Waals surface area contributed by atoms with Crippen LogP contribution >= 0.6 is 11.3 Å². The minimum atomic E-state index is -0.316. The summed E-state index contributed by atoms with van der Waals surface area (Å²) in [5, 5.41) is 4.05. The second kappa shape index (κ2) is 4.64. The maximum absolute atomic E-state index is 11.4. The lowest BCUT2D eigenvalue weighted by atomic mass is 10.3. The van der Waals surface area contributed by atoms with Gasteiger partial charge in [-0.05, 0) is 19.9 Å². The van der Waals surface area contributed by atoms with E-state index in [1.807, 2.05) is 13.8 Å². The molecule has 1 amide bonds. The number of nitrogens with two attached hydrogens (primary N) is 1. The second-order valence-corrected chi connectivity index (χ2v) is 4.85. The van der Waals surface area contributed by atoms with E-state index in [9.17, 15) is 4.79 Å². The number of nitrogens with zero attached hydrogens (tertiary/aromatic N) is 2. The fraction of sp³-hybridized carbons (Fsp3) is 0.300. The number of hydrogen-bond donors (Lipinski definition) is 3. The Morgan fingerprint density at radius 3 is 2.88 bits per heavy atom. The Hall–Kier alpha value is -1.73. The van der Waals surface area contributed by atoms with E-state index in [0.717, 1.165) is 16.0 Å². The number of nitrogens with one attached hydrogen (secondary N) is 2. The van der Waals surface area contributed by atoms with Gasteiger partial charge in [-0.2, -0.15) is 0 Å². The molecule has 4 N–H and O–H groups in total. The van der Waals surface area contributed by atoms with Crippen LogP contribution in [0.1, 0.15) is 23.5 Å². The number of amides is 1. The highest BCUT2D eigenvalue weighted by molar-refractivity contribution is 7.20. The average Bonchev–Trinajstić information content (AvgIpc) is 2.72. The van der Waals surface area contributed by atoms with Crippen LogP contribution in [0.2, 0.25) is 0 Å². The Labute approximate surface area is 102 Å². The molecule has 90 valence electrons. The molecule has 0 unspecified atom stereocenters. The summed E-state index contributed by atoms with van der Waals surface area (Å²) in [5.74, 6) is 5.52. The third kappa shape index (κ3) is 2.34. The molecule has 17 heavy (non-hydrogen) atoms. The van der Waals surface area contributed by atoms with Gasteiger partial charge in [0.1, 0.15) is 17.0 Å². The van der Waals surface area contributed by atoms with Crippen molar-refractivity contribution in [2.75, 3.05) is 5.32 Å². The summed E-state index contributed by atoms with van der Waals surface area (Å²) in [5.41, 5.74) is 2.11. The van der Waals surface area contributed by atoms with Crippen LogP contribution in [0, 0.1) is 0 Å². The molecule has 6 nitrogen and oxygen atoms in total. The molecule has 2 aromatic rings. The topological polar surface area (TPSA) is 92.9 Å². The SMILES string of the molecule is CC(C)Nc1ncnc2sc(C(=O)NN)cc12. The molecule has 2 rings (SSSR count). The summed E-state index contributed by atoms with van der Waals surface area (Å²) < 4.78 is 0. The molecular formula is C10H13N5OS. The molecule has 0 saturated carbocycles. The van der Waals surface area contributed by atoms with E-state index in [2.05, 4.69) is 20.7 Å². The summed E-state index contributed by atoms with van der Waals surface area (Å²) in [6.07, 6.45) is 1.48. The standard InChI is InChI=1S/C10H13N5OS/c1-5(2)14-8-6-3-7(9(16)15-11)17-10(6)13-4-12-8/h3-5H,11H2,1-2H3,(H,15,16)(H,12,13,14). The highest BCUT2D eigenvalue weighted by Gasteiger charge is 2.13. The smallest absolute Gasteiger partial charge is 0.275 e. The van der Waals surface area contributed by atoms with E-state index in [1.165, 1.54) is 17.7 Å². The number of anilines is 1. The van der Waals surface area contributed by atoms with Crippen LogP contribution in [0.3, 0.4) is 0 Å². The van der Waals surface area contributed by atoms with Crippen LogP contribution in [0.25, 0.3) is 10.2 Å². The van der Waals surface area contributed by atoms with Crippen molar-refractivity contribution >= 4 is 33.3 Å². The molecule has 0 bridgehead atoms. The van der Waals surface area contributed by atoms with E-state index < -0.39 is 0 Å². The number of carbonyl (C=O) groups excluding carboxylic acids is 1. The number of thiophene rings is 1. The van der Waals surface area contributed by atoms with Gasteiger partial charge in [0.25, 0.3) is 5.91 Å². The summed E-state index contributed by atoms with van der Waals surface area (Å²) >= 11 is 1.29. The minimum Gasteiger partial charge on any atom is -0.367 e. The number of aromatic nitrogens is 2. The molecule has 0 fully saturated rings. The van der Waals surface area contributed by atoms with Gasteiger partial charge in [0.15, 0.2) is 0 Å². The molecule has 7 heteroatoms. The van der Waals surface area contributed by atoms with Crippen LogP contribution in [0.15, 0.2) is 12.4 Å². The summed E-state index contributed by atoms with van der Waals surface area (Å²) in [4.78, 5) is 21.0. The molecule has 2 heterocycles. The summed E-state index contributed by atoms with van der Waals surface area (Å²) in [6, 6.07) is 2.01. The highest BCUT2D eigenvalue weighted by atomic mass is 32.1. The number of rotatable bonds is 3. The normalized spacial score (nSPS) is 10.8. The third-order valence-corrected chi connectivity index (χ3v) is 3.15. The van der Waals surface area contributed by atoms with Crippen LogP contribution in [0.5, 0.6) is 0 Å². The van der Waals surface area contributed by atoms with Gasteiger partial charge in [0.2, 0.25) is 0 Å². The quantitative estimate of drug-likeness (QED) is 0.432. The zero-order chi connectivity index (χ0) is 12.4. The molecule has 2 aromatic heterocycles. The van der Waals surface area contributed by atoms with Gasteiger partial charge in [-0.1, -0.05) is 0 Å². The fourth-order valence-electron chi connectivity index (χ4n) is 1.43. The number of fused-ring (bicyclic) bond motifs is 1. The molecule has 0 aliphatic heterocycles. The van der Waals surface area contributed by atoms with E-state index in [4.69, 9.17) is 5.84 Å². The zero-order valence-electron chi connectivity index (χ0n) is 9.52. The molecule has 0 spiro atoms. The van der Waals surface area contributed by atoms with Crippen molar-refractivity contribution in [1.29, 1.82) is 0 Å². The highest BCUT2D eigenvalue weighted by Crippen LogP contribution is 2.28. The number of carbonyl (C=O) groups is 1. The minimum absolute atomic E-state index is 0.264. The molecule has 0 aliphatic rings. The molecule has 0 radical (unpaired) electrons. The fourth-order valence-corrected chi connectivity index (χ4v) is 2.33. The Balaban J connectivity index is 2.49. The van der Waals surface area contributed by atoms with Crippen molar-refractivity contribution in [3.63, 3.8) is 0 Å². The summed E-state index contributed by atoms with van der Waals surface area (Å²) in [7, 11) is 0. The van der Waals surface area contributed by atoms with Gasteiger partial charge < -0.3 is 5.32 Å². The average molecular weight is 251 g/mol. The van der Waals surface area contributed by atoms with Gasteiger partial charge in [-0.3, -0.25) is 10.2 Å². The number of hydrogen-bond acceptors (Lipinski definition) is 6. The Kier molecular flexibility index (Phi) is 3.21. The largest absolute Gasteiger partial charge is 0.367 e. The first kappa shape index (κ1) is 11.7. The van der Waals surface area contributed by atoms with E-state index in [-0.39, 0.29) is 11.9 Å². The summed E-state index contributed by atoms with van der Waals surface area (Å²) in [6.45, 7) is 4.04. The Morgan fingerprint density at radius 1 is 1.47 bits per heavy atom. The zero-order valence-corrected chi connectivity index (χ0v) is 10.3. The van der Waals surface area contributed by atoms with Crippen LogP contribution < -0.4 is 16.6 Å². The lowest BCUT2D eigenvalue weighted by Gasteiger charge is -2.08. The first-order valence-corrected chi connectivity index (χ1v) is 5.95. The van der Waals surface area contributed by atoms with Crippen molar-refractivity contribution in [3.05, 3.63) is 17.3 Å². The van der Waals surface area contributed by atoms with Crippen molar-refractivity contribution in [2.45, 2.75) is 19.9 Å². The van der Waals surface area contributed by atoms with Gasteiger partial charge in [0.05, 0.1) is 10.3 Å². The van der Waals surface area contributed by atoms with E-state index in [0.29, 0.717) is 4.88 Å². The predicted octanol–water partition coefficient (Wildman–Crippen LogP) is 1.12. The molecule has 0 aromatic carbocycles. The van der Waals surface area contributed by atoms with Crippen LogP contribution in [-0.4, -0.2) is 21.9 Å². The monoisotopic (exact) mass is 251 g/mol. The first-order chi connectivity index (χ1) is 8.11. The first-order valence-electron chi connectivity index (χ1n) is 5.14. The van der Waals surface area contributed by atoms with Crippen LogP contribution in [-0.2, 0) is 0 Å². The van der Waals surface area contributed by atoms with E-state index >= 15 is 0 Å². The Morgan fingerprint density at radius 2 is 2.24 bits per heavy atom. The van der Waals surface area contributed by atoms with E-state index in [1.54, 1.807) is 6.07 Å². The number of hydrazine groups is 1. The molecule has 0 atom stereocenters. The number of nitrogen functional groups attached to an aromatic ring is 1. The lowest BCUT2D eigenvalue weighted by Crippen LogP contribution is -2.29. The predicted molar refractivity (Wildman–Crippen MR) is 67.8 cm³/mol. The van der Waals surface area contributed by atoms with Crippen molar-refractivity contribution in [3.8, 4) is 0 Å². The molecule has 0 aliphatic carbocycles.